The summed E-state index contributed by atoms with van der Waals surface area (Å²) in [5.41, 5.74) is 15.3. The average molecular weight is 1690 g/mol. The molecule has 4 aromatic carbocycles. The summed E-state index contributed by atoms with van der Waals surface area (Å²) < 4.78 is 30.2. The number of aromatic carboxylic acids is 2. The third kappa shape index (κ3) is 13.4. The van der Waals surface area contributed by atoms with Gasteiger partial charge in [-0.1, -0.05) is 145 Å². The van der Waals surface area contributed by atoms with E-state index in [0.29, 0.717) is 110 Å². The van der Waals surface area contributed by atoms with Crippen molar-refractivity contribution in [2.75, 3.05) is 26.4 Å². The molecule has 11 heterocycles. The lowest BCUT2D eigenvalue weighted by atomic mass is 9.55. The molecule has 634 valence electrons. The van der Waals surface area contributed by atoms with Gasteiger partial charge >= 0.3 is 11.9 Å². The van der Waals surface area contributed by atoms with Gasteiger partial charge in [0.15, 0.2) is 46.3 Å². The van der Waals surface area contributed by atoms with E-state index in [1.54, 1.807) is 24.8 Å². The molecular weight excluding hydrogens is 1590 g/mol. The molecule has 25 heteroatoms. The first-order valence-electron chi connectivity index (χ1n) is 44.0. The molecule has 2 spiro atoms. The second-order valence-electron chi connectivity index (χ2n) is 36.8. The number of carboxylic acid groups (broad SMARTS) is 2. The number of carbonyl (C=O) groups is 3. The molecule has 23 rings (SSSR count). The fourth-order valence-electron chi connectivity index (χ4n) is 24.2. The van der Waals surface area contributed by atoms with Gasteiger partial charge in [0.05, 0.1) is 77.5 Å². The number of fused-ring (bicyclic) bond motifs is 17. The first-order chi connectivity index (χ1) is 60.4. The average Bonchev–Trinajstić information content (AvgIpc) is 1.71. The molecule has 13 aromatic rings. The van der Waals surface area contributed by atoms with Gasteiger partial charge in [-0.15, -0.1) is 0 Å². The van der Waals surface area contributed by atoms with Crippen LogP contribution in [0.2, 0.25) is 5.15 Å². The van der Waals surface area contributed by atoms with Crippen molar-refractivity contribution in [3.63, 3.8) is 0 Å². The van der Waals surface area contributed by atoms with Crippen molar-refractivity contribution in [3.05, 3.63) is 231 Å². The van der Waals surface area contributed by atoms with Crippen molar-refractivity contribution in [2.45, 2.75) is 191 Å². The number of ketones is 1. The summed E-state index contributed by atoms with van der Waals surface area (Å²) in [5.74, 6) is 2.45. The third-order valence-electron chi connectivity index (χ3n) is 30.7. The summed E-state index contributed by atoms with van der Waals surface area (Å²) in [6.45, 7) is 20.5. The van der Waals surface area contributed by atoms with Crippen molar-refractivity contribution >= 4 is 72.9 Å². The number of para-hydroxylation sites is 4. The highest BCUT2D eigenvalue weighted by atomic mass is 35.5. The number of Topliss-reactive ketones (excluding diaryl/α,β-unsaturated/α-hetero) is 1. The number of nitriles is 1. The standard InChI is InChI=1S/C26H26N4O2.C25H26ClN3O2.C25H22N4O3.C24H23N3O3/c1-16-20-8-7-19-22(15-27)29-24(18-9-12-28-21-6-4-3-5-17(18)21)30-23(19)25(20,2)10-11-26(16)31-13-14-32-26;1-15-19-8-7-18-21(24(19,2)10-11-25(15)30-13-14-31-25)28-23(29-22(18)26)17-9-12-27-20-6-4-3-5-16(17)20;1-13-18-8-7-17-20(24(30)31)28-23(16-9-10-26-19-6-4-3-5-15(16)19)29-22(17)25(18,2)11-14-12-27-32-21(13)14;1-13-17-8-7-16-20(23(29)30)26-22(27-21(16)24(17,2)11-9-19(13)28)15-10-12-25-18-6-4-3-5-14(15)18/h3-6,9,12,16,20H,7-8,10-11,13-14H2,1-2H3;3-6,9,12,15,19H,7-8,10-11,13-14H2,1-2H3;3-6,9-10,12-13,18H,7-8,11H2,1-2H3,(H,30,31);3-6,10,12-13,17H,7-9,11H2,1-2H3,(H,29,30)/t16-,20-,25-;15-,19-,24-;13-,18-,25-;13-,17-,24-/m1111/s1. The molecule has 10 aliphatic rings. The summed E-state index contributed by atoms with van der Waals surface area (Å²) in [4.78, 5) is 93.6. The Morgan fingerprint density at radius 3 is 1.24 bits per heavy atom. The maximum atomic E-state index is 12.4. The molecule has 8 aliphatic carbocycles. The van der Waals surface area contributed by atoms with Crippen LogP contribution < -0.4 is 0 Å². The smallest absolute Gasteiger partial charge is 0.354 e. The van der Waals surface area contributed by atoms with E-state index in [1.165, 1.54) is 0 Å². The minimum Gasteiger partial charge on any atom is -0.476 e. The number of pyridine rings is 4. The number of hydrogen-bond acceptors (Lipinski definition) is 22. The first-order valence-corrected chi connectivity index (χ1v) is 44.4. The highest BCUT2D eigenvalue weighted by molar-refractivity contribution is 6.30. The summed E-state index contributed by atoms with van der Waals surface area (Å²) >= 11 is 6.78. The van der Waals surface area contributed by atoms with Gasteiger partial charge < -0.3 is 33.7 Å². The second-order valence-corrected chi connectivity index (χ2v) is 37.2. The predicted octanol–water partition coefficient (Wildman–Crippen LogP) is 18.7. The van der Waals surface area contributed by atoms with E-state index in [9.17, 15) is 29.9 Å². The van der Waals surface area contributed by atoms with Gasteiger partial charge in [0, 0.05) is 161 Å². The van der Waals surface area contributed by atoms with Crippen LogP contribution in [-0.4, -0.2) is 131 Å². The van der Waals surface area contributed by atoms with Gasteiger partial charge in [0.25, 0.3) is 0 Å². The number of aromatic nitrogens is 13. The van der Waals surface area contributed by atoms with Crippen molar-refractivity contribution in [1.29, 1.82) is 5.26 Å². The maximum absolute atomic E-state index is 12.4. The Bertz CT molecular complexity index is 6580. The Morgan fingerprint density at radius 2 is 0.800 bits per heavy atom. The van der Waals surface area contributed by atoms with Gasteiger partial charge in [-0.2, -0.15) is 5.26 Å². The Hall–Kier alpha value is -11.7. The van der Waals surface area contributed by atoms with E-state index in [0.717, 1.165) is 193 Å². The number of rotatable bonds is 6. The molecule has 0 bridgehead atoms. The van der Waals surface area contributed by atoms with Crippen molar-refractivity contribution in [2.24, 2.45) is 41.4 Å². The minimum atomic E-state index is -1.03. The van der Waals surface area contributed by atoms with E-state index in [4.69, 9.17) is 65.0 Å². The van der Waals surface area contributed by atoms with E-state index in [1.807, 2.05) is 128 Å². The first kappa shape index (κ1) is 81.6. The molecule has 0 amide bonds. The van der Waals surface area contributed by atoms with Crippen LogP contribution in [0.15, 0.2) is 157 Å². The SMILES string of the molecule is C[C@@H]1[C@H]2CCc3c(C#N)nc(-c4ccnc5ccccc45)nc3[C@]2(C)CCC12OCCO2.C[C@@H]1[C@H]2CCc3c(Cl)nc(-c4ccnc5ccccc45)nc3[C@]2(C)CCC12OCCO2.C[C@H]1C(=O)CC[C@@]2(C)c3nc(-c4ccnc5ccccc45)nc(C(=O)O)c3CC[C@H]12.C[C@H]1c2oncc2C[C@@]2(C)c3nc(-c4ccnc5ccccc45)nc(C(=O)O)c3CC[C@H]12. The van der Waals surface area contributed by atoms with Gasteiger partial charge in [0.1, 0.15) is 28.5 Å². The van der Waals surface area contributed by atoms with Crippen molar-refractivity contribution in [1.82, 2.24) is 65.0 Å². The van der Waals surface area contributed by atoms with E-state index >= 15 is 0 Å². The summed E-state index contributed by atoms with van der Waals surface area (Å²) in [6, 6.07) is 41.6. The molecular formula is C100H97ClN14O10. The molecule has 9 aromatic heterocycles. The third-order valence-corrected chi connectivity index (χ3v) is 31.0. The molecule has 0 unspecified atom stereocenters. The molecule has 0 radical (unpaired) electrons. The number of halogens is 1. The summed E-state index contributed by atoms with van der Waals surface area (Å²) in [5, 5.41) is 38.4. The molecule has 2 aliphatic heterocycles. The van der Waals surface area contributed by atoms with E-state index < -0.39 is 23.5 Å². The normalized spacial score (nSPS) is 26.7. The topological polar surface area (TPSA) is 333 Å². The number of benzene rings is 4. The summed E-state index contributed by atoms with van der Waals surface area (Å²) in [7, 11) is 0. The zero-order valence-electron chi connectivity index (χ0n) is 71.3. The van der Waals surface area contributed by atoms with E-state index in [-0.39, 0.29) is 62.6 Å². The minimum absolute atomic E-state index is 0.0367. The van der Waals surface area contributed by atoms with Crippen LogP contribution in [-0.2, 0) is 77.5 Å². The monoisotopic (exact) mass is 1690 g/mol. The molecule has 2 saturated heterocycles. The van der Waals surface area contributed by atoms with E-state index in [2.05, 4.69) is 95.7 Å². The van der Waals surface area contributed by atoms with Gasteiger partial charge in [-0.25, -0.2) is 49.5 Å². The number of hydrogen-bond donors (Lipinski definition) is 2. The van der Waals surface area contributed by atoms with Crippen LogP contribution in [0.5, 0.6) is 0 Å². The van der Waals surface area contributed by atoms with Crippen LogP contribution in [0.1, 0.15) is 209 Å². The maximum Gasteiger partial charge on any atom is 0.354 e. The molecule has 12 atom stereocenters. The van der Waals surface area contributed by atoms with Crippen LogP contribution >= 0.6 is 11.6 Å². The predicted molar refractivity (Wildman–Crippen MR) is 469 cm³/mol. The second kappa shape index (κ2) is 31.4. The highest BCUT2D eigenvalue weighted by Crippen LogP contribution is 2.61. The van der Waals surface area contributed by atoms with Gasteiger partial charge in [-0.05, 0) is 149 Å². The van der Waals surface area contributed by atoms with Crippen LogP contribution in [0, 0.1) is 52.8 Å². The molecule has 125 heavy (non-hydrogen) atoms. The van der Waals surface area contributed by atoms with Crippen molar-refractivity contribution in [3.8, 4) is 51.6 Å². The lowest BCUT2D eigenvalue weighted by molar-refractivity contribution is -0.235. The highest BCUT2D eigenvalue weighted by Gasteiger charge is 2.61. The lowest BCUT2D eigenvalue weighted by Gasteiger charge is -2.54. The Labute approximate surface area is 728 Å². The Balaban J connectivity index is 0.000000105. The van der Waals surface area contributed by atoms with Crippen molar-refractivity contribution < 1.29 is 48.1 Å². The lowest BCUT2D eigenvalue weighted by Crippen LogP contribution is -2.55. The number of ether oxygens (including phenoxy) is 4. The van der Waals surface area contributed by atoms with Crippen LogP contribution in [0.25, 0.3) is 89.2 Å². The molecule has 5 fully saturated rings. The number of carbonyl (C=O) groups excluding carboxylic acids is 1. The largest absolute Gasteiger partial charge is 0.476 e. The summed E-state index contributed by atoms with van der Waals surface area (Å²) in [6.07, 6.45) is 21.0. The molecule has 3 saturated carbocycles. The zero-order valence-corrected chi connectivity index (χ0v) is 72.0. The fraction of sp³-hybridized carbons (Fsp3) is 0.410. The fourth-order valence-corrected chi connectivity index (χ4v) is 24.5. The van der Waals surface area contributed by atoms with Crippen LogP contribution in [0.3, 0.4) is 0 Å². The quantitative estimate of drug-likeness (QED) is 0.146. The Kier molecular flexibility index (Phi) is 20.5. The number of nitrogens with zero attached hydrogens (tertiary/aromatic N) is 14. The number of carboxylic acids is 2. The molecule has 24 nitrogen and oxygen atoms in total. The van der Waals surface area contributed by atoms with Crippen LogP contribution in [0.4, 0.5) is 0 Å². The zero-order chi connectivity index (χ0) is 86.2. The molecule has 2 N–H and O–H groups in total. The Morgan fingerprint density at radius 1 is 0.432 bits per heavy atom. The van der Waals surface area contributed by atoms with Gasteiger partial charge in [0.2, 0.25) is 0 Å². The van der Waals surface area contributed by atoms with Gasteiger partial charge in [-0.3, -0.25) is 24.7 Å².